The molecule has 0 aliphatic heterocycles. The normalized spacial score (nSPS) is 12.5. The quantitative estimate of drug-likeness (QED) is 0.673. The maximum atomic E-state index is 13.5. The summed E-state index contributed by atoms with van der Waals surface area (Å²) in [6.07, 6.45) is 3.10. The van der Waals surface area contributed by atoms with E-state index in [0.29, 0.717) is 22.4 Å². The van der Waals surface area contributed by atoms with Crippen molar-refractivity contribution >= 4 is 22.7 Å². The van der Waals surface area contributed by atoms with Crippen molar-refractivity contribution in [2.75, 3.05) is 5.32 Å². The summed E-state index contributed by atoms with van der Waals surface area (Å²) in [5.41, 5.74) is 2.00. The first-order chi connectivity index (χ1) is 11.5. The number of amides is 2. The van der Waals surface area contributed by atoms with E-state index in [0.717, 1.165) is 5.56 Å². The van der Waals surface area contributed by atoms with E-state index < -0.39 is 0 Å². The van der Waals surface area contributed by atoms with E-state index in [1.165, 1.54) is 18.3 Å². The second-order valence-corrected chi connectivity index (χ2v) is 6.04. The van der Waals surface area contributed by atoms with Crippen LogP contribution in [0, 0.1) is 18.7 Å². The van der Waals surface area contributed by atoms with Gasteiger partial charge in [0, 0.05) is 17.1 Å². The molecule has 2 amide bonds. The summed E-state index contributed by atoms with van der Waals surface area (Å²) in [7, 11) is 0. The lowest BCUT2D eigenvalue weighted by Crippen LogP contribution is -2.35. The van der Waals surface area contributed by atoms with Crippen molar-refractivity contribution in [1.82, 2.24) is 15.5 Å². The number of aryl methyl sites for hydroxylation is 1. The van der Waals surface area contributed by atoms with Crippen LogP contribution in [-0.2, 0) is 0 Å². The minimum atomic E-state index is -0.360. The van der Waals surface area contributed by atoms with Crippen molar-refractivity contribution in [2.24, 2.45) is 5.92 Å². The van der Waals surface area contributed by atoms with E-state index >= 15 is 0 Å². The van der Waals surface area contributed by atoms with Crippen molar-refractivity contribution in [1.29, 1.82) is 0 Å². The first kappa shape index (κ1) is 16.0. The molecular weight excluding hydrogens is 311 g/mol. The van der Waals surface area contributed by atoms with Crippen molar-refractivity contribution < 1.29 is 13.6 Å². The van der Waals surface area contributed by atoms with E-state index in [1.807, 2.05) is 20.8 Å². The van der Waals surface area contributed by atoms with Crippen LogP contribution < -0.4 is 10.6 Å². The Morgan fingerprint density at radius 1 is 1.38 bits per heavy atom. The minimum absolute atomic E-state index is 0.0872. The number of carbonyl (C=O) groups is 1. The Bertz CT molecular complexity index is 855. The standard InChI is InChI=1S/C17H19FN4O2/c1-9(2)15(22-17(23)21-12-7-19-20-8-12)16-10(3)13-6-11(18)4-5-14(13)24-16/h4-9,15H,1-3H3,(H,19,20)(H2,21,22,23)/t15-/m0/s1. The van der Waals surface area contributed by atoms with Gasteiger partial charge in [-0.05, 0) is 31.0 Å². The lowest BCUT2D eigenvalue weighted by Gasteiger charge is -2.21. The van der Waals surface area contributed by atoms with Gasteiger partial charge in [-0.15, -0.1) is 0 Å². The van der Waals surface area contributed by atoms with Crippen LogP contribution in [0.3, 0.4) is 0 Å². The van der Waals surface area contributed by atoms with Gasteiger partial charge in [-0.25, -0.2) is 9.18 Å². The second kappa shape index (κ2) is 6.35. The second-order valence-electron chi connectivity index (χ2n) is 6.04. The van der Waals surface area contributed by atoms with Crippen molar-refractivity contribution in [3.05, 3.63) is 47.7 Å². The fourth-order valence-electron chi connectivity index (χ4n) is 2.67. The SMILES string of the molecule is Cc1c([C@@H](NC(=O)Nc2cn[nH]c2)C(C)C)oc2ccc(F)cc12. The van der Waals surface area contributed by atoms with Crippen molar-refractivity contribution in [3.8, 4) is 0 Å². The topological polar surface area (TPSA) is 83.0 Å². The van der Waals surface area contributed by atoms with Gasteiger partial charge < -0.3 is 15.1 Å². The lowest BCUT2D eigenvalue weighted by atomic mass is 9.98. The van der Waals surface area contributed by atoms with Gasteiger partial charge in [0.25, 0.3) is 0 Å². The highest BCUT2D eigenvalue weighted by atomic mass is 19.1. The number of benzene rings is 1. The molecule has 126 valence electrons. The van der Waals surface area contributed by atoms with E-state index in [-0.39, 0.29) is 23.8 Å². The van der Waals surface area contributed by atoms with Crippen LogP contribution in [0.15, 0.2) is 35.0 Å². The van der Waals surface area contributed by atoms with Crippen LogP contribution in [0.2, 0.25) is 0 Å². The zero-order valence-electron chi connectivity index (χ0n) is 13.7. The number of H-pyrrole nitrogens is 1. The zero-order valence-corrected chi connectivity index (χ0v) is 13.7. The smallest absolute Gasteiger partial charge is 0.319 e. The Hall–Kier alpha value is -2.83. The highest BCUT2D eigenvalue weighted by Gasteiger charge is 2.25. The Balaban J connectivity index is 1.88. The molecule has 0 aliphatic carbocycles. The number of halogens is 1. The number of fused-ring (bicyclic) bond motifs is 1. The molecule has 7 heteroatoms. The lowest BCUT2D eigenvalue weighted by molar-refractivity contribution is 0.241. The summed E-state index contributed by atoms with van der Waals surface area (Å²) >= 11 is 0. The fourth-order valence-corrected chi connectivity index (χ4v) is 2.67. The van der Waals surface area contributed by atoms with Crippen molar-refractivity contribution in [3.63, 3.8) is 0 Å². The van der Waals surface area contributed by atoms with Gasteiger partial charge in [-0.1, -0.05) is 13.8 Å². The van der Waals surface area contributed by atoms with E-state index in [9.17, 15) is 9.18 Å². The molecule has 6 nitrogen and oxygen atoms in total. The summed E-state index contributed by atoms with van der Waals surface area (Å²) in [5.74, 6) is 0.404. The Kier molecular flexibility index (Phi) is 4.24. The Morgan fingerprint density at radius 3 is 2.83 bits per heavy atom. The minimum Gasteiger partial charge on any atom is -0.459 e. The number of carbonyl (C=O) groups excluding carboxylic acids is 1. The van der Waals surface area contributed by atoms with E-state index in [2.05, 4.69) is 20.8 Å². The van der Waals surface area contributed by atoms with Crippen LogP contribution in [0.4, 0.5) is 14.9 Å². The molecule has 0 saturated carbocycles. The largest absolute Gasteiger partial charge is 0.459 e. The summed E-state index contributed by atoms with van der Waals surface area (Å²) in [5, 5.41) is 12.7. The number of hydrogen-bond donors (Lipinski definition) is 3. The number of nitrogens with one attached hydrogen (secondary N) is 3. The fraction of sp³-hybridized carbons (Fsp3) is 0.294. The van der Waals surface area contributed by atoms with Crippen LogP contribution in [0.5, 0.6) is 0 Å². The molecule has 2 aromatic heterocycles. The summed E-state index contributed by atoms with van der Waals surface area (Å²) in [6.45, 7) is 5.83. The number of hydrogen-bond acceptors (Lipinski definition) is 3. The first-order valence-corrected chi connectivity index (χ1v) is 7.70. The van der Waals surface area contributed by atoms with Gasteiger partial charge in [-0.3, -0.25) is 5.10 Å². The summed E-state index contributed by atoms with van der Waals surface area (Å²) in [4.78, 5) is 12.2. The van der Waals surface area contributed by atoms with E-state index in [4.69, 9.17) is 4.42 Å². The third kappa shape index (κ3) is 3.10. The maximum absolute atomic E-state index is 13.5. The molecule has 0 spiro atoms. The van der Waals surface area contributed by atoms with Crippen LogP contribution in [0.25, 0.3) is 11.0 Å². The molecular formula is C17H19FN4O2. The van der Waals surface area contributed by atoms with Gasteiger partial charge in [0.2, 0.25) is 0 Å². The number of nitrogens with zero attached hydrogens (tertiary/aromatic N) is 1. The monoisotopic (exact) mass is 330 g/mol. The molecule has 3 N–H and O–H groups in total. The molecule has 0 radical (unpaired) electrons. The molecule has 1 atom stereocenters. The Morgan fingerprint density at radius 2 is 2.17 bits per heavy atom. The van der Waals surface area contributed by atoms with Gasteiger partial charge in [0.1, 0.15) is 17.2 Å². The molecule has 2 heterocycles. The molecule has 1 aromatic carbocycles. The number of furan rings is 1. The molecule has 0 bridgehead atoms. The van der Waals surface area contributed by atoms with Gasteiger partial charge in [-0.2, -0.15) is 5.10 Å². The summed E-state index contributed by atoms with van der Waals surface area (Å²) in [6, 6.07) is 3.71. The van der Waals surface area contributed by atoms with Crippen LogP contribution >= 0.6 is 0 Å². The average molecular weight is 330 g/mol. The van der Waals surface area contributed by atoms with Crippen LogP contribution in [-0.4, -0.2) is 16.2 Å². The number of aromatic amines is 1. The third-order valence-corrected chi connectivity index (χ3v) is 3.93. The number of rotatable bonds is 4. The number of aromatic nitrogens is 2. The molecule has 0 saturated heterocycles. The average Bonchev–Trinajstić information content (AvgIpc) is 3.14. The molecule has 3 rings (SSSR count). The molecule has 24 heavy (non-hydrogen) atoms. The third-order valence-electron chi connectivity index (χ3n) is 3.93. The molecule has 3 aromatic rings. The molecule has 0 aliphatic rings. The highest BCUT2D eigenvalue weighted by molar-refractivity contribution is 5.89. The maximum Gasteiger partial charge on any atom is 0.319 e. The first-order valence-electron chi connectivity index (χ1n) is 7.70. The van der Waals surface area contributed by atoms with Crippen LogP contribution in [0.1, 0.15) is 31.2 Å². The predicted octanol–water partition coefficient (Wildman–Crippen LogP) is 4.12. The van der Waals surface area contributed by atoms with Crippen molar-refractivity contribution in [2.45, 2.75) is 26.8 Å². The van der Waals surface area contributed by atoms with Gasteiger partial charge >= 0.3 is 6.03 Å². The van der Waals surface area contributed by atoms with Gasteiger partial charge in [0.15, 0.2) is 0 Å². The number of urea groups is 1. The predicted molar refractivity (Wildman–Crippen MR) is 89.2 cm³/mol. The summed E-state index contributed by atoms with van der Waals surface area (Å²) < 4.78 is 19.4. The molecule has 0 unspecified atom stereocenters. The number of anilines is 1. The molecule has 0 fully saturated rings. The highest BCUT2D eigenvalue weighted by Crippen LogP contribution is 2.33. The van der Waals surface area contributed by atoms with E-state index in [1.54, 1.807) is 12.3 Å². The van der Waals surface area contributed by atoms with Gasteiger partial charge in [0.05, 0.1) is 17.9 Å². The Labute approximate surface area is 138 Å². The zero-order chi connectivity index (χ0) is 17.3.